The van der Waals surface area contributed by atoms with Crippen molar-refractivity contribution in [3.8, 4) is 0 Å². The zero-order valence-electron chi connectivity index (χ0n) is 13.9. The van der Waals surface area contributed by atoms with Gasteiger partial charge in [0.2, 0.25) is 11.6 Å². The van der Waals surface area contributed by atoms with Crippen LogP contribution in [0.15, 0.2) is 54.9 Å². The monoisotopic (exact) mass is 335 g/mol. The zero-order chi connectivity index (χ0) is 17.8. The predicted molar refractivity (Wildman–Crippen MR) is 97.6 cm³/mol. The van der Waals surface area contributed by atoms with E-state index in [4.69, 9.17) is 0 Å². The largest absolute Gasteiger partial charge is 0.353 e. The van der Waals surface area contributed by atoms with Crippen LogP contribution in [0.5, 0.6) is 0 Å². The van der Waals surface area contributed by atoms with Crippen molar-refractivity contribution in [3.63, 3.8) is 0 Å². The molecule has 3 rings (SSSR count). The van der Waals surface area contributed by atoms with Crippen molar-refractivity contribution < 1.29 is 4.92 Å². The van der Waals surface area contributed by atoms with E-state index in [0.717, 1.165) is 16.8 Å². The minimum absolute atomic E-state index is 0.137. The Kier molecular flexibility index (Phi) is 4.56. The number of rotatable bonds is 5. The maximum absolute atomic E-state index is 11.6. The fourth-order valence-corrected chi connectivity index (χ4v) is 2.47. The molecule has 0 aliphatic heterocycles. The quantitative estimate of drug-likeness (QED) is 0.527. The minimum Gasteiger partial charge on any atom is -0.334 e. The van der Waals surface area contributed by atoms with E-state index >= 15 is 0 Å². The van der Waals surface area contributed by atoms with E-state index in [-0.39, 0.29) is 17.3 Å². The highest BCUT2D eigenvalue weighted by Crippen LogP contribution is 2.33. The number of para-hydroxylation sites is 1. The fraction of sp³-hybridized carbons (Fsp3) is 0.111. The molecule has 0 radical (unpaired) electrons. The maximum atomic E-state index is 11.6. The van der Waals surface area contributed by atoms with Crippen LogP contribution in [0.4, 0.5) is 28.7 Å². The zero-order valence-corrected chi connectivity index (χ0v) is 13.9. The first-order chi connectivity index (χ1) is 12.0. The summed E-state index contributed by atoms with van der Waals surface area (Å²) in [4.78, 5) is 19.2. The molecule has 0 unspecified atom stereocenters. The molecule has 0 aliphatic rings. The van der Waals surface area contributed by atoms with Crippen LogP contribution in [0.25, 0.3) is 0 Å². The first-order valence-corrected chi connectivity index (χ1v) is 7.70. The number of aromatic nitrogens is 2. The lowest BCUT2D eigenvalue weighted by molar-refractivity contribution is -0.383. The summed E-state index contributed by atoms with van der Waals surface area (Å²) in [5.74, 6) is 0.281. The standard InChI is InChI=1S/C18H17N5O2/c1-12-8-9-15(13(2)10-12)22-18-16(23(24)25)17(19-11-20-18)21-14-6-4-3-5-7-14/h3-11H,1-2H3,(H2,19,20,21,22). The average molecular weight is 335 g/mol. The van der Waals surface area contributed by atoms with Crippen LogP contribution in [-0.4, -0.2) is 14.9 Å². The molecule has 126 valence electrons. The van der Waals surface area contributed by atoms with Gasteiger partial charge >= 0.3 is 5.69 Å². The summed E-state index contributed by atoms with van der Waals surface area (Å²) in [6, 6.07) is 15.0. The normalized spacial score (nSPS) is 10.3. The van der Waals surface area contributed by atoms with Gasteiger partial charge in [-0.25, -0.2) is 9.97 Å². The van der Waals surface area contributed by atoms with Crippen molar-refractivity contribution in [3.05, 3.63) is 76.1 Å². The molecule has 0 saturated carbocycles. The Morgan fingerprint density at radius 1 is 0.960 bits per heavy atom. The lowest BCUT2D eigenvalue weighted by atomic mass is 10.1. The fourth-order valence-electron chi connectivity index (χ4n) is 2.47. The van der Waals surface area contributed by atoms with Crippen LogP contribution in [0.3, 0.4) is 0 Å². The van der Waals surface area contributed by atoms with Crippen molar-refractivity contribution in [1.82, 2.24) is 9.97 Å². The molecule has 7 heteroatoms. The van der Waals surface area contributed by atoms with E-state index in [0.29, 0.717) is 5.69 Å². The summed E-state index contributed by atoms with van der Waals surface area (Å²) >= 11 is 0. The number of anilines is 4. The molecule has 0 bridgehead atoms. The molecule has 1 aromatic heterocycles. The van der Waals surface area contributed by atoms with Gasteiger partial charge in [0.05, 0.1) is 4.92 Å². The average Bonchev–Trinajstić information content (AvgIpc) is 2.58. The Morgan fingerprint density at radius 2 is 1.64 bits per heavy atom. The second-order valence-electron chi connectivity index (χ2n) is 5.61. The summed E-state index contributed by atoms with van der Waals surface area (Å²) < 4.78 is 0. The lowest BCUT2D eigenvalue weighted by Crippen LogP contribution is -2.06. The van der Waals surface area contributed by atoms with Gasteiger partial charge in [0.1, 0.15) is 6.33 Å². The number of nitro groups is 1. The Morgan fingerprint density at radius 3 is 2.28 bits per heavy atom. The third-order valence-corrected chi connectivity index (χ3v) is 3.68. The topological polar surface area (TPSA) is 93.0 Å². The number of hydrogen-bond donors (Lipinski definition) is 2. The van der Waals surface area contributed by atoms with Gasteiger partial charge < -0.3 is 10.6 Å². The number of nitrogens with one attached hydrogen (secondary N) is 2. The number of aryl methyl sites for hydroxylation is 2. The molecule has 0 spiro atoms. The van der Waals surface area contributed by atoms with Gasteiger partial charge in [-0.05, 0) is 37.6 Å². The van der Waals surface area contributed by atoms with E-state index in [1.165, 1.54) is 6.33 Å². The van der Waals surface area contributed by atoms with Gasteiger partial charge in [-0.15, -0.1) is 0 Å². The third-order valence-electron chi connectivity index (χ3n) is 3.68. The Balaban J connectivity index is 1.99. The van der Waals surface area contributed by atoms with Gasteiger partial charge in [-0.1, -0.05) is 35.9 Å². The Bertz CT molecular complexity index is 913. The smallest absolute Gasteiger partial charge is 0.334 e. The Hall–Kier alpha value is -3.48. The predicted octanol–water partition coefficient (Wildman–Crippen LogP) is 4.49. The highest BCUT2D eigenvalue weighted by Gasteiger charge is 2.23. The first kappa shape index (κ1) is 16.4. The van der Waals surface area contributed by atoms with E-state index in [9.17, 15) is 10.1 Å². The highest BCUT2D eigenvalue weighted by molar-refractivity contribution is 5.77. The molecule has 3 aromatic rings. The first-order valence-electron chi connectivity index (χ1n) is 7.70. The molecule has 2 N–H and O–H groups in total. The maximum Gasteiger partial charge on any atom is 0.353 e. The van der Waals surface area contributed by atoms with Gasteiger partial charge in [-0.2, -0.15) is 0 Å². The van der Waals surface area contributed by atoms with Crippen molar-refractivity contribution in [2.75, 3.05) is 10.6 Å². The second-order valence-corrected chi connectivity index (χ2v) is 5.61. The molecular weight excluding hydrogens is 318 g/mol. The molecule has 2 aromatic carbocycles. The summed E-state index contributed by atoms with van der Waals surface area (Å²) in [5, 5.41) is 17.6. The van der Waals surface area contributed by atoms with Crippen molar-refractivity contribution >= 4 is 28.7 Å². The van der Waals surface area contributed by atoms with Gasteiger partial charge in [0.25, 0.3) is 0 Å². The summed E-state index contributed by atoms with van der Waals surface area (Å²) in [7, 11) is 0. The molecule has 0 aliphatic carbocycles. The van der Waals surface area contributed by atoms with Crippen LogP contribution in [0.1, 0.15) is 11.1 Å². The third kappa shape index (κ3) is 3.72. The minimum atomic E-state index is -0.489. The van der Waals surface area contributed by atoms with Crippen LogP contribution in [0.2, 0.25) is 0 Å². The van der Waals surface area contributed by atoms with E-state index < -0.39 is 4.92 Å². The van der Waals surface area contributed by atoms with Crippen molar-refractivity contribution in [2.24, 2.45) is 0 Å². The van der Waals surface area contributed by atoms with Crippen LogP contribution in [-0.2, 0) is 0 Å². The Labute approximate surface area is 144 Å². The summed E-state index contributed by atoms with van der Waals surface area (Å²) in [6.45, 7) is 3.93. The molecular formula is C18H17N5O2. The number of hydrogen-bond acceptors (Lipinski definition) is 6. The molecule has 25 heavy (non-hydrogen) atoms. The SMILES string of the molecule is Cc1ccc(Nc2ncnc(Nc3ccccc3)c2[N+](=O)[O-])c(C)c1. The van der Waals surface area contributed by atoms with E-state index in [1.807, 2.05) is 62.4 Å². The lowest BCUT2D eigenvalue weighted by Gasteiger charge is -2.12. The number of nitrogens with zero attached hydrogens (tertiary/aromatic N) is 3. The van der Waals surface area contributed by atoms with Crippen molar-refractivity contribution in [2.45, 2.75) is 13.8 Å². The van der Waals surface area contributed by atoms with E-state index in [2.05, 4.69) is 20.6 Å². The summed E-state index contributed by atoms with van der Waals surface area (Å²) in [6.07, 6.45) is 1.30. The number of benzene rings is 2. The highest BCUT2D eigenvalue weighted by atomic mass is 16.6. The molecule has 0 amide bonds. The van der Waals surface area contributed by atoms with Gasteiger partial charge in [0.15, 0.2) is 0 Å². The van der Waals surface area contributed by atoms with Crippen molar-refractivity contribution in [1.29, 1.82) is 0 Å². The molecule has 0 saturated heterocycles. The molecule has 7 nitrogen and oxygen atoms in total. The van der Waals surface area contributed by atoms with Crippen LogP contribution >= 0.6 is 0 Å². The van der Waals surface area contributed by atoms with Crippen LogP contribution < -0.4 is 10.6 Å². The summed E-state index contributed by atoms with van der Waals surface area (Å²) in [5.41, 5.74) is 3.36. The second kappa shape index (κ2) is 6.96. The van der Waals surface area contributed by atoms with Gasteiger partial charge in [0, 0.05) is 11.4 Å². The van der Waals surface area contributed by atoms with Crippen LogP contribution in [0, 0.1) is 24.0 Å². The molecule has 1 heterocycles. The molecule has 0 atom stereocenters. The van der Waals surface area contributed by atoms with Gasteiger partial charge in [-0.3, -0.25) is 10.1 Å². The van der Waals surface area contributed by atoms with E-state index in [1.54, 1.807) is 0 Å². The molecule has 0 fully saturated rings.